The third-order valence-electron chi connectivity index (χ3n) is 3.80. The van der Waals surface area contributed by atoms with Crippen LogP contribution < -0.4 is 5.32 Å². The van der Waals surface area contributed by atoms with Gasteiger partial charge in [-0.05, 0) is 36.4 Å². The van der Waals surface area contributed by atoms with Gasteiger partial charge >= 0.3 is 0 Å². The van der Waals surface area contributed by atoms with Gasteiger partial charge in [-0.2, -0.15) is 4.31 Å². The molecule has 0 unspecified atom stereocenters. The first-order valence-electron chi connectivity index (χ1n) is 8.36. The summed E-state index contributed by atoms with van der Waals surface area (Å²) in [5.41, 5.74) is 0.269. The molecule has 2 aromatic rings. The molecule has 0 fully saturated rings. The van der Waals surface area contributed by atoms with Gasteiger partial charge in [0.15, 0.2) is 11.6 Å². The van der Waals surface area contributed by atoms with Crippen molar-refractivity contribution in [2.24, 2.45) is 0 Å². The summed E-state index contributed by atoms with van der Waals surface area (Å²) in [5.74, 6) is -2.44. The van der Waals surface area contributed by atoms with E-state index in [1.54, 1.807) is 13.8 Å². The fraction of sp³-hybridized carbons (Fsp3) is 0.278. The number of nitrogens with zero attached hydrogens (tertiary/aromatic N) is 1. The Hall–Kier alpha value is -1.68. The van der Waals surface area contributed by atoms with Gasteiger partial charge in [0.2, 0.25) is 15.9 Å². The third-order valence-corrected chi connectivity index (χ3v) is 7.32. The maximum absolute atomic E-state index is 13.2. The zero-order chi connectivity index (χ0) is 20.9. The van der Waals surface area contributed by atoms with Crippen LogP contribution in [0.15, 0.2) is 46.2 Å². The van der Waals surface area contributed by atoms with Crippen molar-refractivity contribution in [2.75, 3.05) is 24.2 Å². The summed E-state index contributed by atoms with van der Waals surface area (Å²) in [4.78, 5) is 12.4. The minimum Gasteiger partial charge on any atom is -0.325 e. The molecule has 0 heterocycles. The van der Waals surface area contributed by atoms with E-state index >= 15 is 0 Å². The van der Waals surface area contributed by atoms with Gasteiger partial charge < -0.3 is 5.32 Å². The number of sulfonamides is 1. The van der Waals surface area contributed by atoms with Crippen LogP contribution in [0.5, 0.6) is 0 Å². The number of benzene rings is 2. The predicted octanol–water partition coefficient (Wildman–Crippen LogP) is 4.38. The van der Waals surface area contributed by atoms with Crippen LogP contribution in [0.1, 0.15) is 13.8 Å². The van der Waals surface area contributed by atoms with Gasteiger partial charge in [-0.15, -0.1) is 11.8 Å². The maximum Gasteiger partial charge on any atom is 0.244 e. The number of carbonyl (C=O) groups is 1. The largest absolute Gasteiger partial charge is 0.325 e. The summed E-state index contributed by atoms with van der Waals surface area (Å²) in [5, 5.41) is 2.64. The molecule has 1 amide bonds. The van der Waals surface area contributed by atoms with E-state index in [1.807, 2.05) is 0 Å². The molecule has 1 N–H and O–H groups in total. The van der Waals surface area contributed by atoms with Gasteiger partial charge in [0.25, 0.3) is 0 Å². The molecule has 152 valence electrons. The highest BCUT2D eigenvalue weighted by atomic mass is 35.5. The van der Waals surface area contributed by atoms with Crippen molar-refractivity contribution >= 4 is 45.0 Å². The minimum atomic E-state index is -3.79. The predicted molar refractivity (Wildman–Crippen MR) is 107 cm³/mol. The van der Waals surface area contributed by atoms with E-state index in [-0.39, 0.29) is 34.4 Å². The normalized spacial score (nSPS) is 11.6. The number of amides is 1. The van der Waals surface area contributed by atoms with Crippen molar-refractivity contribution in [2.45, 2.75) is 23.6 Å². The first kappa shape index (κ1) is 22.6. The number of hydrogen-bond acceptors (Lipinski definition) is 4. The molecule has 0 atom stereocenters. The Bertz CT molecular complexity index is 967. The zero-order valence-corrected chi connectivity index (χ0v) is 17.6. The number of hydrogen-bond donors (Lipinski definition) is 1. The lowest BCUT2D eigenvalue weighted by atomic mass is 10.3. The SMILES string of the molecule is CCN(CC)S(=O)(=O)c1cc(NC(=O)CSc2ccc(F)c(F)c2)ccc1Cl. The Balaban J connectivity index is 2.11. The van der Waals surface area contributed by atoms with Crippen LogP contribution in [0.4, 0.5) is 14.5 Å². The lowest BCUT2D eigenvalue weighted by Gasteiger charge is -2.19. The molecule has 0 saturated heterocycles. The Morgan fingerprint density at radius 2 is 1.79 bits per heavy atom. The molecule has 0 spiro atoms. The Labute approximate surface area is 172 Å². The van der Waals surface area contributed by atoms with E-state index in [2.05, 4.69) is 5.32 Å². The zero-order valence-electron chi connectivity index (χ0n) is 15.2. The second-order valence-electron chi connectivity index (χ2n) is 5.65. The molecule has 2 rings (SSSR count). The average molecular weight is 449 g/mol. The molecule has 10 heteroatoms. The summed E-state index contributed by atoms with van der Waals surface area (Å²) in [6, 6.07) is 7.55. The van der Waals surface area contributed by atoms with Crippen LogP contribution in [-0.2, 0) is 14.8 Å². The molecule has 28 heavy (non-hydrogen) atoms. The van der Waals surface area contributed by atoms with Gasteiger partial charge in [0.05, 0.1) is 10.8 Å². The Morgan fingerprint density at radius 1 is 1.11 bits per heavy atom. The van der Waals surface area contributed by atoms with Crippen molar-refractivity contribution in [3.8, 4) is 0 Å². The first-order chi connectivity index (χ1) is 13.2. The molecule has 0 aliphatic carbocycles. The number of thioether (sulfide) groups is 1. The smallest absolute Gasteiger partial charge is 0.244 e. The van der Waals surface area contributed by atoms with Crippen molar-refractivity contribution in [1.82, 2.24) is 4.31 Å². The van der Waals surface area contributed by atoms with Gasteiger partial charge in [0.1, 0.15) is 4.90 Å². The molecule has 0 aromatic heterocycles. The van der Waals surface area contributed by atoms with Crippen LogP contribution >= 0.6 is 23.4 Å². The van der Waals surface area contributed by atoms with Gasteiger partial charge in [-0.1, -0.05) is 25.4 Å². The lowest BCUT2D eigenvalue weighted by molar-refractivity contribution is -0.113. The molecule has 0 aliphatic heterocycles. The van der Waals surface area contributed by atoms with E-state index in [1.165, 1.54) is 28.6 Å². The Morgan fingerprint density at radius 3 is 2.39 bits per heavy atom. The van der Waals surface area contributed by atoms with Crippen molar-refractivity contribution < 1.29 is 22.0 Å². The molecular weight excluding hydrogens is 430 g/mol. The summed E-state index contributed by atoms with van der Waals surface area (Å²) in [7, 11) is -3.79. The van der Waals surface area contributed by atoms with E-state index in [0.29, 0.717) is 4.90 Å². The summed E-state index contributed by atoms with van der Waals surface area (Å²) >= 11 is 7.08. The third kappa shape index (κ3) is 5.44. The lowest BCUT2D eigenvalue weighted by Crippen LogP contribution is -2.31. The molecule has 0 saturated carbocycles. The number of halogens is 3. The van der Waals surface area contributed by atoms with Crippen LogP contribution in [0.25, 0.3) is 0 Å². The molecule has 5 nitrogen and oxygen atoms in total. The topological polar surface area (TPSA) is 66.5 Å². The summed E-state index contributed by atoms with van der Waals surface area (Å²) in [6.07, 6.45) is 0. The van der Waals surface area contributed by atoms with Gasteiger partial charge in [-0.3, -0.25) is 4.79 Å². The quantitative estimate of drug-likeness (QED) is 0.608. The first-order valence-corrected chi connectivity index (χ1v) is 11.2. The number of nitrogens with one attached hydrogen (secondary N) is 1. The highest BCUT2D eigenvalue weighted by molar-refractivity contribution is 8.00. The van der Waals surface area contributed by atoms with Crippen LogP contribution in [0, 0.1) is 11.6 Å². The highest BCUT2D eigenvalue weighted by Gasteiger charge is 2.25. The fourth-order valence-electron chi connectivity index (χ4n) is 2.39. The Kier molecular flexibility index (Phi) is 7.82. The van der Waals surface area contributed by atoms with E-state index in [9.17, 15) is 22.0 Å². The highest BCUT2D eigenvalue weighted by Crippen LogP contribution is 2.28. The molecular formula is C18H19ClF2N2O3S2. The average Bonchev–Trinajstić information content (AvgIpc) is 2.65. The second-order valence-corrected chi connectivity index (χ2v) is 9.01. The second kappa shape index (κ2) is 9.69. The van der Waals surface area contributed by atoms with Gasteiger partial charge in [-0.25, -0.2) is 17.2 Å². The minimum absolute atomic E-state index is 0.0565. The van der Waals surface area contributed by atoms with Gasteiger partial charge in [0, 0.05) is 23.7 Å². The standard InChI is InChI=1S/C18H19ClF2N2O3S2/c1-3-23(4-2)28(25,26)17-9-12(5-7-14(17)19)22-18(24)11-27-13-6-8-15(20)16(21)10-13/h5-10H,3-4,11H2,1-2H3,(H,22,24). The van der Waals surface area contributed by atoms with Crippen molar-refractivity contribution in [3.63, 3.8) is 0 Å². The number of anilines is 1. The summed E-state index contributed by atoms with van der Waals surface area (Å²) in [6.45, 7) is 4.01. The van der Waals surface area contributed by atoms with Crippen LogP contribution in [0.3, 0.4) is 0 Å². The van der Waals surface area contributed by atoms with Crippen LogP contribution in [0.2, 0.25) is 5.02 Å². The molecule has 0 bridgehead atoms. The molecule has 0 radical (unpaired) electrons. The van der Waals surface area contributed by atoms with Crippen LogP contribution in [-0.4, -0.2) is 37.5 Å². The van der Waals surface area contributed by atoms with Crippen molar-refractivity contribution in [1.29, 1.82) is 0 Å². The monoisotopic (exact) mass is 448 g/mol. The fourth-order valence-corrected chi connectivity index (χ4v) is 5.07. The maximum atomic E-state index is 13.2. The number of rotatable bonds is 8. The van der Waals surface area contributed by atoms with Crippen molar-refractivity contribution in [3.05, 3.63) is 53.1 Å². The number of carbonyl (C=O) groups excluding carboxylic acids is 1. The van der Waals surface area contributed by atoms with E-state index < -0.39 is 27.6 Å². The summed E-state index contributed by atoms with van der Waals surface area (Å²) < 4.78 is 52.8. The van der Waals surface area contributed by atoms with E-state index in [4.69, 9.17) is 11.6 Å². The van der Waals surface area contributed by atoms with E-state index in [0.717, 1.165) is 23.9 Å². The molecule has 0 aliphatic rings. The molecule has 2 aromatic carbocycles.